The zero-order valence-corrected chi connectivity index (χ0v) is 16.3. The van der Waals surface area contributed by atoms with Gasteiger partial charge in [0.1, 0.15) is 5.82 Å². The molecule has 0 aliphatic carbocycles. The maximum Gasteiger partial charge on any atom is 0.227 e. The number of nitrogens with zero attached hydrogens (tertiary/aromatic N) is 5. The number of aliphatic imine (C=N–C) groups is 1. The fourth-order valence-corrected chi connectivity index (χ4v) is 3.78. The van der Waals surface area contributed by atoms with Crippen molar-refractivity contribution in [3.05, 3.63) is 41.5 Å². The van der Waals surface area contributed by atoms with Gasteiger partial charge >= 0.3 is 0 Å². The Morgan fingerprint density at radius 2 is 1.86 bits per heavy atom. The molecule has 4 rings (SSSR count). The van der Waals surface area contributed by atoms with Gasteiger partial charge in [0, 0.05) is 45.2 Å². The summed E-state index contributed by atoms with van der Waals surface area (Å²) in [5.41, 5.74) is 2.11. The lowest BCUT2D eigenvalue weighted by Crippen LogP contribution is -2.37. The lowest BCUT2D eigenvalue weighted by Gasteiger charge is -2.17. The minimum absolute atomic E-state index is 0.214. The number of fused-ring (bicyclic) bond motifs is 1. The zero-order chi connectivity index (χ0) is 19.3. The van der Waals surface area contributed by atoms with Crippen molar-refractivity contribution < 1.29 is 4.79 Å². The third kappa shape index (κ3) is 4.00. The second kappa shape index (κ2) is 8.41. The summed E-state index contributed by atoms with van der Waals surface area (Å²) in [5, 5.41) is 15.2. The van der Waals surface area contributed by atoms with E-state index in [2.05, 4.69) is 42.5 Å². The normalized spacial score (nSPS) is 17.0. The number of amides is 1. The Bertz CT molecular complexity index is 856. The highest BCUT2D eigenvalue weighted by atomic mass is 16.2. The molecule has 0 spiro atoms. The number of nitrogens with one attached hydrogen (secondary N) is 2. The number of aryl methyl sites for hydroxylation is 1. The van der Waals surface area contributed by atoms with Crippen molar-refractivity contribution >= 4 is 17.6 Å². The minimum atomic E-state index is 0.214. The Morgan fingerprint density at radius 1 is 1.04 bits per heavy atom. The summed E-state index contributed by atoms with van der Waals surface area (Å²) >= 11 is 0. The van der Waals surface area contributed by atoms with Crippen LogP contribution in [0.25, 0.3) is 0 Å². The van der Waals surface area contributed by atoms with E-state index in [4.69, 9.17) is 0 Å². The van der Waals surface area contributed by atoms with Crippen LogP contribution in [-0.2, 0) is 30.8 Å². The Kier molecular flexibility index (Phi) is 5.55. The Balaban J connectivity index is 1.29. The van der Waals surface area contributed by atoms with Gasteiger partial charge in [0.05, 0.1) is 6.54 Å². The van der Waals surface area contributed by atoms with E-state index in [0.717, 1.165) is 54.8 Å². The van der Waals surface area contributed by atoms with Gasteiger partial charge in [0.2, 0.25) is 5.91 Å². The van der Waals surface area contributed by atoms with Crippen LogP contribution in [0.4, 0.5) is 5.69 Å². The van der Waals surface area contributed by atoms with Crippen LogP contribution in [0.15, 0.2) is 29.3 Å². The van der Waals surface area contributed by atoms with E-state index in [1.54, 1.807) is 7.05 Å². The average Bonchev–Trinajstić information content (AvgIpc) is 3.35. The quantitative estimate of drug-likeness (QED) is 0.607. The molecule has 2 aliphatic heterocycles. The molecular weight excluding hydrogens is 354 g/mol. The van der Waals surface area contributed by atoms with Gasteiger partial charge in [-0.2, -0.15) is 0 Å². The fourth-order valence-electron chi connectivity index (χ4n) is 3.78. The Labute approximate surface area is 165 Å². The third-order valence-electron chi connectivity index (χ3n) is 5.36. The predicted molar refractivity (Wildman–Crippen MR) is 108 cm³/mol. The fraction of sp³-hybridized carbons (Fsp3) is 0.500. The number of hydrogen-bond acceptors (Lipinski definition) is 4. The number of aromatic nitrogens is 3. The van der Waals surface area contributed by atoms with Crippen molar-refractivity contribution in [2.75, 3.05) is 18.5 Å². The monoisotopic (exact) mass is 381 g/mol. The zero-order valence-electron chi connectivity index (χ0n) is 16.3. The van der Waals surface area contributed by atoms with Crippen LogP contribution < -0.4 is 15.5 Å². The maximum absolute atomic E-state index is 11.9. The first-order chi connectivity index (χ1) is 13.7. The van der Waals surface area contributed by atoms with Crippen molar-refractivity contribution in [2.45, 2.75) is 51.7 Å². The molecule has 0 bridgehead atoms. The highest BCUT2D eigenvalue weighted by molar-refractivity contribution is 5.95. The van der Waals surface area contributed by atoms with Crippen molar-refractivity contribution in [3.63, 3.8) is 0 Å². The number of hydrogen-bond donors (Lipinski definition) is 2. The van der Waals surface area contributed by atoms with Crippen molar-refractivity contribution in [1.29, 1.82) is 0 Å². The van der Waals surface area contributed by atoms with Gasteiger partial charge in [-0.25, -0.2) is 0 Å². The molecule has 1 aromatic carbocycles. The van der Waals surface area contributed by atoms with Crippen LogP contribution in [0.2, 0.25) is 0 Å². The van der Waals surface area contributed by atoms with Crippen LogP contribution in [-0.4, -0.2) is 40.2 Å². The lowest BCUT2D eigenvalue weighted by molar-refractivity contribution is -0.117. The van der Waals surface area contributed by atoms with Gasteiger partial charge in [-0.3, -0.25) is 9.79 Å². The number of carbonyl (C=O) groups excluding carboxylic acids is 1. The van der Waals surface area contributed by atoms with E-state index < -0.39 is 0 Å². The van der Waals surface area contributed by atoms with Crippen LogP contribution in [0.1, 0.15) is 42.9 Å². The molecule has 0 saturated carbocycles. The second-order valence-electron chi connectivity index (χ2n) is 7.24. The van der Waals surface area contributed by atoms with Gasteiger partial charge in [0.25, 0.3) is 0 Å². The number of guanidine groups is 1. The van der Waals surface area contributed by atoms with E-state index >= 15 is 0 Å². The Morgan fingerprint density at radius 3 is 2.61 bits per heavy atom. The molecule has 8 nitrogen and oxygen atoms in total. The third-order valence-corrected chi connectivity index (χ3v) is 5.36. The SMILES string of the molecule is CN=C(NCc1ccc(N2CCCC2=O)cc1)NCc1nnc2n1CCCC2. The molecule has 2 aromatic rings. The van der Waals surface area contributed by atoms with Gasteiger partial charge in [-0.05, 0) is 37.0 Å². The predicted octanol–water partition coefficient (Wildman–Crippen LogP) is 1.61. The highest BCUT2D eigenvalue weighted by Crippen LogP contribution is 2.21. The molecule has 2 N–H and O–H groups in total. The molecule has 148 valence electrons. The van der Waals surface area contributed by atoms with Crippen LogP contribution in [0.3, 0.4) is 0 Å². The molecule has 28 heavy (non-hydrogen) atoms. The summed E-state index contributed by atoms with van der Waals surface area (Å²) in [4.78, 5) is 18.0. The second-order valence-corrected chi connectivity index (χ2v) is 7.24. The molecule has 3 heterocycles. The first-order valence-electron chi connectivity index (χ1n) is 9.99. The molecule has 2 aliphatic rings. The number of benzene rings is 1. The Hall–Kier alpha value is -2.90. The van der Waals surface area contributed by atoms with Gasteiger partial charge in [-0.1, -0.05) is 12.1 Å². The van der Waals surface area contributed by atoms with E-state index in [9.17, 15) is 4.79 Å². The topological polar surface area (TPSA) is 87.4 Å². The molecule has 8 heteroatoms. The van der Waals surface area contributed by atoms with Gasteiger partial charge in [0.15, 0.2) is 11.8 Å². The smallest absolute Gasteiger partial charge is 0.227 e. The molecule has 0 unspecified atom stereocenters. The summed E-state index contributed by atoms with van der Waals surface area (Å²) in [6.07, 6.45) is 4.99. The molecule has 1 amide bonds. The van der Waals surface area contributed by atoms with E-state index in [0.29, 0.717) is 19.5 Å². The first kappa shape index (κ1) is 18.5. The van der Waals surface area contributed by atoms with Gasteiger partial charge < -0.3 is 20.1 Å². The molecule has 1 fully saturated rings. The molecule has 0 radical (unpaired) electrons. The lowest BCUT2D eigenvalue weighted by atomic mass is 10.2. The summed E-state index contributed by atoms with van der Waals surface area (Å²) in [6, 6.07) is 8.13. The standard InChI is InChI=1S/C20H27N7O/c1-21-20(23-14-18-25-24-17-5-2-3-11-27(17)18)22-13-15-7-9-16(10-8-15)26-12-4-6-19(26)28/h7-10H,2-6,11-14H2,1H3,(H2,21,22,23). The van der Waals surface area contributed by atoms with E-state index in [1.165, 1.54) is 12.8 Å². The molecular formula is C20H27N7O. The van der Waals surface area contributed by atoms with E-state index in [1.807, 2.05) is 17.0 Å². The average molecular weight is 381 g/mol. The van der Waals surface area contributed by atoms with Gasteiger partial charge in [-0.15, -0.1) is 10.2 Å². The van der Waals surface area contributed by atoms with Crippen molar-refractivity contribution in [1.82, 2.24) is 25.4 Å². The first-order valence-corrected chi connectivity index (χ1v) is 9.99. The number of anilines is 1. The summed E-state index contributed by atoms with van der Waals surface area (Å²) < 4.78 is 2.21. The van der Waals surface area contributed by atoms with Crippen LogP contribution in [0, 0.1) is 0 Å². The number of rotatable bonds is 5. The molecule has 1 aromatic heterocycles. The van der Waals surface area contributed by atoms with Crippen LogP contribution in [0.5, 0.6) is 0 Å². The van der Waals surface area contributed by atoms with E-state index in [-0.39, 0.29) is 5.91 Å². The maximum atomic E-state index is 11.9. The minimum Gasteiger partial charge on any atom is -0.352 e. The summed E-state index contributed by atoms with van der Waals surface area (Å²) in [7, 11) is 1.76. The largest absolute Gasteiger partial charge is 0.352 e. The van der Waals surface area contributed by atoms with Crippen molar-refractivity contribution in [2.24, 2.45) is 4.99 Å². The molecule has 1 saturated heterocycles. The highest BCUT2D eigenvalue weighted by Gasteiger charge is 2.21. The summed E-state index contributed by atoms with van der Waals surface area (Å²) in [5.74, 6) is 2.98. The van der Waals surface area contributed by atoms with Crippen molar-refractivity contribution in [3.8, 4) is 0 Å². The summed E-state index contributed by atoms with van der Waals surface area (Å²) in [6.45, 7) is 3.07. The number of carbonyl (C=O) groups is 1. The molecule has 0 atom stereocenters. The van der Waals surface area contributed by atoms with Crippen LogP contribution >= 0.6 is 0 Å².